The summed E-state index contributed by atoms with van der Waals surface area (Å²) in [6, 6.07) is 4.90. The molecule has 3 aliphatic carbocycles. The molecule has 1 aromatic rings. The minimum Gasteiger partial charge on any atom is -0.326 e. The minimum absolute atomic E-state index is 0.0452. The summed E-state index contributed by atoms with van der Waals surface area (Å²) in [5.41, 5.74) is 5.42. The van der Waals surface area contributed by atoms with Crippen molar-refractivity contribution in [3.63, 3.8) is 0 Å². The summed E-state index contributed by atoms with van der Waals surface area (Å²) >= 11 is 0. The third kappa shape index (κ3) is 4.19. The molecule has 3 saturated carbocycles. The molecule has 4 N–H and O–H groups in total. The molecular weight excluding hydrogens is 395 g/mol. The fourth-order valence-corrected chi connectivity index (χ4v) is 6.52. The lowest BCUT2D eigenvalue weighted by molar-refractivity contribution is -0.131. The van der Waals surface area contributed by atoms with Crippen molar-refractivity contribution >= 4 is 15.9 Å². The average molecular weight is 425 g/mol. The number of carbonyl (C=O) groups is 1. The van der Waals surface area contributed by atoms with Crippen molar-refractivity contribution < 1.29 is 17.6 Å². The molecule has 2 bridgehead atoms. The van der Waals surface area contributed by atoms with Crippen LogP contribution in [0.25, 0.3) is 0 Å². The van der Waals surface area contributed by atoms with E-state index in [1.165, 1.54) is 12.1 Å². The molecule has 9 heteroatoms. The Bertz CT molecular complexity index is 850. The molecule has 7 nitrogen and oxygen atoms in total. The SMILES string of the molecule is N[C@@H]1CCCN1C(=O)CNC12CCC(NS(=O)(=O)c3ccc(F)cc3)(CC1)CC2. The molecule has 0 unspecified atom stereocenters. The molecule has 29 heavy (non-hydrogen) atoms. The van der Waals surface area contributed by atoms with Crippen LogP contribution in [0, 0.1) is 5.82 Å². The Kier molecular flexibility index (Phi) is 5.43. The van der Waals surface area contributed by atoms with E-state index in [4.69, 9.17) is 5.73 Å². The van der Waals surface area contributed by atoms with Crippen LogP contribution in [0.3, 0.4) is 0 Å². The maximum Gasteiger partial charge on any atom is 0.241 e. The van der Waals surface area contributed by atoms with Crippen molar-refractivity contribution in [1.82, 2.24) is 14.9 Å². The van der Waals surface area contributed by atoms with Gasteiger partial charge in [0, 0.05) is 17.6 Å². The third-order valence-electron chi connectivity index (χ3n) is 6.96. The normalized spacial score (nSPS) is 31.9. The number of halogens is 1. The quantitative estimate of drug-likeness (QED) is 0.641. The van der Waals surface area contributed by atoms with Gasteiger partial charge < -0.3 is 16.0 Å². The van der Waals surface area contributed by atoms with Crippen molar-refractivity contribution in [2.75, 3.05) is 13.1 Å². The summed E-state index contributed by atoms with van der Waals surface area (Å²) in [4.78, 5) is 14.3. The van der Waals surface area contributed by atoms with E-state index in [1.807, 2.05) is 0 Å². The first-order valence-electron chi connectivity index (χ1n) is 10.3. The monoisotopic (exact) mass is 424 g/mol. The zero-order valence-corrected chi connectivity index (χ0v) is 17.3. The molecule has 5 rings (SSSR count). The van der Waals surface area contributed by atoms with Crippen LogP contribution in [0.5, 0.6) is 0 Å². The summed E-state index contributed by atoms with van der Waals surface area (Å²) in [6.07, 6.45) is 6.25. The van der Waals surface area contributed by atoms with Crippen LogP contribution >= 0.6 is 0 Å². The van der Waals surface area contributed by atoms with Crippen molar-refractivity contribution in [2.45, 2.75) is 73.5 Å². The molecule has 0 radical (unpaired) electrons. The lowest BCUT2D eigenvalue weighted by atomic mass is 9.62. The van der Waals surface area contributed by atoms with Crippen LogP contribution in [0.1, 0.15) is 51.4 Å². The first kappa shape index (κ1) is 20.7. The van der Waals surface area contributed by atoms with Crippen molar-refractivity contribution in [2.24, 2.45) is 5.73 Å². The third-order valence-corrected chi connectivity index (χ3v) is 8.55. The smallest absolute Gasteiger partial charge is 0.241 e. The van der Waals surface area contributed by atoms with Gasteiger partial charge in [0.2, 0.25) is 15.9 Å². The van der Waals surface area contributed by atoms with Crippen LogP contribution < -0.4 is 15.8 Å². The summed E-state index contributed by atoms with van der Waals surface area (Å²) in [6.45, 7) is 1.00. The summed E-state index contributed by atoms with van der Waals surface area (Å²) in [5, 5.41) is 3.47. The van der Waals surface area contributed by atoms with Crippen LogP contribution in [-0.4, -0.2) is 49.6 Å². The number of nitrogens with two attached hydrogens (primary N) is 1. The Morgan fingerprint density at radius 2 is 1.69 bits per heavy atom. The molecule has 1 saturated heterocycles. The fourth-order valence-electron chi connectivity index (χ4n) is 5.03. The molecule has 4 fully saturated rings. The predicted octanol–water partition coefficient (Wildman–Crippen LogP) is 1.45. The maximum absolute atomic E-state index is 13.1. The van der Waals surface area contributed by atoms with E-state index in [1.54, 1.807) is 4.90 Å². The topological polar surface area (TPSA) is 105 Å². The highest BCUT2D eigenvalue weighted by Gasteiger charge is 2.50. The standard InChI is InChI=1S/C20H29FN4O3S/c21-15-3-5-16(6-4-15)29(27,28)24-20-10-7-19(8-11-20,9-12-20)23-14-18(26)25-13-1-2-17(25)22/h3-6,17,23-24H,1-2,7-14,22H2/t17-,19?,20?/m0/s1. The van der Waals surface area contributed by atoms with Crippen LogP contribution in [-0.2, 0) is 14.8 Å². The number of benzene rings is 1. The van der Waals surface area contributed by atoms with Crippen molar-refractivity contribution in [3.8, 4) is 0 Å². The Labute approximate surface area is 171 Å². The van der Waals surface area contributed by atoms with Gasteiger partial charge in [-0.15, -0.1) is 0 Å². The highest BCUT2D eigenvalue weighted by molar-refractivity contribution is 7.89. The Morgan fingerprint density at radius 3 is 2.24 bits per heavy atom. The number of nitrogens with zero attached hydrogens (tertiary/aromatic N) is 1. The van der Waals surface area contributed by atoms with E-state index in [0.29, 0.717) is 0 Å². The Balaban J connectivity index is 1.35. The Morgan fingerprint density at radius 1 is 1.10 bits per heavy atom. The molecule has 1 atom stereocenters. The van der Waals surface area contributed by atoms with Gasteiger partial charge in [-0.1, -0.05) is 0 Å². The van der Waals surface area contributed by atoms with Crippen LogP contribution in [0.4, 0.5) is 4.39 Å². The Hall–Kier alpha value is -1.55. The van der Waals surface area contributed by atoms with Gasteiger partial charge in [-0.2, -0.15) is 0 Å². The fraction of sp³-hybridized carbons (Fsp3) is 0.650. The lowest BCUT2D eigenvalue weighted by Gasteiger charge is -2.53. The molecule has 0 spiro atoms. The van der Waals surface area contributed by atoms with E-state index in [2.05, 4.69) is 10.0 Å². The maximum atomic E-state index is 13.1. The van der Waals surface area contributed by atoms with Gasteiger partial charge in [0.1, 0.15) is 5.82 Å². The molecule has 1 aliphatic heterocycles. The second-order valence-corrected chi connectivity index (χ2v) is 10.5. The van der Waals surface area contributed by atoms with Gasteiger partial charge in [-0.3, -0.25) is 4.79 Å². The van der Waals surface area contributed by atoms with Gasteiger partial charge in [0.05, 0.1) is 17.6 Å². The highest BCUT2D eigenvalue weighted by Crippen LogP contribution is 2.47. The highest BCUT2D eigenvalue weighted by atomic mass is 32.2. The van der Waals surface area contributed by atoms with Crippen molar-refractivity contribution in [3.05, 3.63) is 30.1 Å². The second kappa shape index (κ2) is 7.61. The zero-order valence-electron chi connectivity index (χ0n) is 16.5. The minimum atomic E-state index is -3.70. The van der Waals surface area contributed by atoms with Gasteiger partial charge in [0.25, 0.3) is 0 Å². The van der Waals surface area contributed by atoms with E-state index in [-0.39, 0.29) is 29.1 Å². The van der Waals surface area contributed by atoms with Crippen LogP contribution in [0.2, 0.25) is 0 Å². The van der Waals surface area contributed by atoms with Crippen molar-refractivity contribution in [1.29, 1.82) is 0 Å². The van der Waals surface area contributed by atoms with Gasteiger partial charge in [0.15, 0.2) is 0 Å². The summed E-state index contributed by atoms with van der Waals surface area (Å²) < 4.78 is 41.5. The number of amides is 1. The number of carbonyl (C=O) groups excluding carboxylic acids is 1. The molecular formula is C20H29FN4O3S. The first-order chi connectivity index (χ1) is 13.7. The van der Waals surface area contributed by atoms with Gasteiger partial charge in [-0.05, 0) is 75.6 Å². The number of nitrogens with one attached hydrogen (secondary N) is 2. The van der Waals surface area contributed by atoms with Crippen LogP contribution in [0.15, 0.2) is 29.2 Å². The molecule has 0 aromatic heterocycles. The molecule has 1 aromatic carbocycles. The molecule has 4 aliphatic rings. The lowest BCUT2D eigenvalue weighted by Crippen LogP contribution is -2.63. The number of sulfonamides is 1. The average Bonchev–Trinajstić information content (AvgIpc) is 3.14. The molecule has 1 amide bonds. The number of rotatable bonds is 6. The van der Waals surface area contributed by atoms with E-state index in [0.717, 1.165) is 70.0 Å². The largest absolute Gasteiger partial charge is 0.326 e. The van der Waals surface area contributed by atoms with E-state index in [9.17, 15) is 17.6 Å². The number of likely N-dealkylation sites (tertiary alicyclic amines) is 1. The second-order valence-electron chi connectivity index (χ2n) is 8.77. The van der Waals surface area contributed by atoms with E-state index >= 15 is 0 Å². The first-order valence-corrected chi connectivity index (χ1v) is 11.8. The number of hydrogen-bond donors (Lipinski definition) is 3. The number of hydrogen-bond acceptors (Lipinski definition) is 5. The zero-order chi connectivity index (χ0) is 20.7. The number of fused-ring (bicyclic) bond motifs is 3. The van der Waals surface area contributed by atoms with E-state index < -0.39 is 21.4 Å². The predicted molar refractivity (Wildman–Crippen MR) is 107 cm³/mol. The summed E-state index contributed by atoms with van der Waals surface area (Å²) in [5.74, 6) is -0.415. The van der Waals surface area contributed by atoms with Gasteiger partial charge in [-0.25, -0.2) is 17.5 Å². The molecule has 160 valence electrons. The molecule has 1 heterocycles. The summed E-state index contributed by atoms with van der Waals surface area (Å²) in [7, 11) is -3.70. The van der Waals surface area contributed by atoms with Gasteiger partial charge >= 0.3 is 0 Å².